The first-order chi connectivity index (χ1) is 16.3. The van der Waals surface area contributed by atoms with E-state index < -0.39 is 24.7 Å². The monoisotopic (exact) mass is 519 g/mol. The van der Waals surface area contributed by atoms with Crippen LogP contribution in [0.3, 0.4) is 0 Å². The molecule has 0 aromatic heterocycles. The first-order valence-corrected chi connectivity index (χ1v) is 11.6. The molecular formula is C25H20Cl3NO5. The van der Waals surface area contributed by atoms with E-state index >= 15 is 0 Å². The van der Waals surface area contributed by atoms with Gasteiger partial charge < -0.3 is 14.6 Å². The highest BCUT2D eigenvalue weighted by Gasteiger charge is 2.35. The number of carboxylic acids is 1. The predicted octanol–water partition coefficient (Wildman–Crippen LogP) is 6.39. The molecular weight excluding hydrogens is 501 g/mol. The fourth-order valence-electron chi connectivity index (χ4n) is 3.98. The summed E-state index contributed by atoms with van der Waals surface area (Å²) in [5.74, 6) is -0.788. The number of hydrogen-bond donors (Lipinski definition) is 1. The van der Waals surface area contributed by atoms with Gasteiger partial charge in [-0.25, -0.2) is 9.59 Å². The number of fused-ring (bicyclic) bond motifs is 1. The van der Waals surface area contributed by atoms with Crippen molar-refractivity contribution in [3.05, 3.63) is 98.0 Å². The molecule has 34 heavy (non-hydrogen) atoms. The first-order valence-electron chi connectivity index (χ1n) is 10.4. The molecule has 0 aliphatic carbocycles. The maximum Gasteiger partial charge on any atom is 0.410 e. The third-order valence-corrected chi connectivity index (χ3v) is 6.33. The molecule has 1 N–H and O–H groups in total. The van der Waals surface area contributed by atoms with Gasteiger partial charge in [0.2, 0.25) is 0 Å². The Morgan fingerprint density at radius 2 is 1.71 bits per heavy atom. The third kappa shape index (κ3) is 5.41. The maximum absolute atomic E-state index is 13.3. The number of halogens is 3. The van der Waals surface area contributed by atoms with Gasteiger partial charge in [-0.05, 0) is 53.9 Å². The fraction of sp³-hybridized carbons (Fsp3) is 0.200. The van der Waals surface area contributed by atoms with E-state index in [0.717, 1.165) is 11.1 Å². The van der Waals surface area contributed by atoms with Crippen LogP contribution in [0.15, 0.2) is 60.7 Å². The molecule has 1 aliphatic rings. The van der Waals surface area contributed by atoms with Crippen LogP contribution >= 0.6 is 34.8 Å². The molecule has 0 bridgehead atoms. The minimum absolute atomic E-state index is 0.0546. The topological polar surface area (TPSA) is 76.1 Å². The second-order valence-corrected chi connectivity index (χ2v) is 8.98. The molecule has 6 nitrogen and oxygen atoms in total. The van der Waals surface area contributed by atoms with Gasteiger partial charge in [0.15, 0.2) is 6.61 Å². The van der Waals surface area contributed by atoms with Crippen LogP contribution in [0.2, 0.25) is 15.1 Å². The average Bonchev–Trinajstić information content (AvgIpc) is 2.82. The SMILES string of the molecule is O=C(O)COc1ccc(Cl)cc1C1c2ccccc2CCN1C(=O)OCc1cc(Cl)ccc1Cl. The molecule has 0 radical (unpaired) electrons. The number of amides is 1. The van der Waals surface area contributed by atoms with Gasteiger partial charge in [-0.2, -0.15) is 0 Å². The van der Waals surface area contributed by atoms with Crippen LogP contribution in [0.5, 0.6) is 5.75 Å². The van der Waals surface area contributed by atoms with Crippen molar-refractivity contribution >= 4 is 46.9 Å². The number of carbonyl (C=O) groups excluding carboxylic acids is 1. The molecule has 1 heterocycles. The van der Waals surface area contributed by atoms with Crippen molar-refractivity contribution in [3.63, 3.8) is 0 Å². The maximum atomic E-state index is 13.3. The van der Waals surface area contributed by atoms with Crippen LogP contribution < -0.4 is 4.74 Å². The highest BCUT2D eigenvalue weighted by molar-refractivity contribution is 6.33. The van der Waals surface area contributed by atoms with Gasteiger partial charge in [-0.3, -0.25) is 4.90 Å². The van der Waals surface area contributed by atoms with E-state index in [1.165, 1.54) is 0 Å². The summed E-state index contributed by atoms with van der Waals surface area (Å²) in [7, 11) is 0. The highest BCUT2D eigenvalue weighted by atomic mass is 35.5. The lowest BCUT2D eigenvalue weighted by atomic mass is 9.88. The van der Waals surface area contributed by atoms with Crippen molar-refractivity contribution in [2.75, 3.05) is 13.2 Å². The second-order valence-electron chi connectivity index (χ2n) is 7.70. The van der Waals surface area contributed by atoms with Gasteiger partial charge in [0.1, 0.15) is 12.4 Å². The molecule has 3 aromatic carbocycles. The van der Waals surface area contributed by atoms with Crippen LogP contribution in [0.1, 0.15) is 28.3 Å². The number of aliphatic carboxylic acids is 1. The minimum atomic E-state index is -1.11. The Kier molecular flexibility index (Phi) is 7.51. The summed E-state index contributed by atoms with van der Waals surface area (Å²) >= 11 is 18.6. The number of nitrogens with zero attached hydrogens (tertiary/aromatic N) is 1. The number of carbonyl (C=O) groups is 2. The number of carboxylic acid groups (broad SMARTS) is 1. The minimum Gasteiger partial charge on any atom is -0.482 e. The van der Waals surface area contributed by atoms with E-state index in [4.69, 9.17) is 49.4 Å². The molecule has 0 spiro atoms. The zero-order chi connectivity index (χ0) is 24.2. The third-order valence-electron chi connectivity index (χ3n) is 5.49. The smallest absolute Gasteiger partial charge is 0.410 e. The Morgan fingerprint density at radius 3 is 2.50 bits per heavy atom. The zero-order valence-electron chi connectivity index (χ0n) is 17.8. The van der Waals surface area contributed by atoms with Gasteiger partial charge in [-0.1, -0.05) is 59.1 Å². The van der Waals surface area contributed by atoms with Crippen molar-refractivity contribution in [2.24, 2.45) is 0 Å². The summed E-state index contributed by atoms with van der Waals surface area (Å²) in [6, 6.07) is 17.0. The molecule has 0 saturated carbocycles. The zero-order valence-corrected chi connectivity index (χ0v) is 20.1. The van der Waals surface area contributed by atoms with Crippen molar-refractivity contribution in [3.8, 4) is 5.75 Å². The van der Waals surface area contributed by atoms with Crippen LogP contribution in [0.25, 0.3) is 0 Å². The summed E-state index contributed by atoms with van der Waals surface area (Å²) in [6.45, 7) is -0.198. The van der Waals surface area contributed by atoms with Crippen molar-refractivity contribution in [1.82, 2.24) is 4.90 Å². The fourth-order valence-corrected chi connectivity index (χ4v) is 4.53. The Balaban J connectivity index is 1.69. The van der Waals surface area contributed by atoms with Crippen LogP contribution in [0, 0.1) is 0 Å². The molecule has 1 aliphatic heterocycles. The summed E-state index contributed by atoms with van der Waals surface area (Å²) < 4.78 is 11.2. The lowest BCUT2D eigenvalue weighted by Gasteiger charge is -2.37. The van der Waals surface area contributed by atoms with E-state index in [2.05, 4.69) is 0 Å². The lowest BCUT2D eigenvalue weighted by molar-refractivity contribution is -0.139. The Morgan fingerprint density at radius 1 is 0.971 bits per heavy atom. The molecule has 176 valence electrons. The van der Waals surface area contributed by atoms with Crippen molar-refractivity contribution in [1.29, 1.82) is 0 Å². The molecule has 0 fully saturated rings. The summed E-state index contributed by atoms with van der Waals surface area (Å²) in [5.41, 5.74) is 3.11. The number of benzene rings is 3. The van der Waals surface area contributed by atoms with E-state index in [-0.39, 0.29) is 6.61 Å². The van der Waals surface area contributed by atoms with Gasteiger partial charge >= 0.3 is 12.1 Å². The van der Waals surface area contributed by atoms with Gasteiger partial charge in [0, 0.05) is 32.7 Å². The predicted molar refractivity (Wildman–Crippen MR) is 130 cm³/mol. The molecule has 1 unspecified atom stereocenters. The van der Waals surface area contributed by atoms with Crippen molar-refractivity contribution in [2.45, 2.75) is 19.1 Å². The quantitative estimate of drug-likeness (QED) is 0.407. The Hall–Kier alpha value is -2.93. The average molecular weight is 521 g/mol. The van der Waals surface area contributed by atoms with Gasteiger partial charge in [-0.15, -0.1) is 0 Å². The van der Waals surface area contributed by atoms with E-state index in [1.807, 2.05) is 24.3 Å². The molecule has 3 aromatic rings. The number of ether oxygens (including phenoxy) is 2. The van der Waals surface area contributed by atoms with Gasteiger partial charge in [0.05, 0.1) is 6.04 Å². The Labute approximate surface area is 211 Å². The summed E-state index contributed by atoms with van der Waals surface area (Å²) in [4.78, 5) is 26.0. The highest BCUT2D eigenvalue weighted by Crippen LogP contribution is 2.41. The molecule has 4 rings (SSSR count). The van der Waals surface area contributed by atoms with Gasteiger partial charge in [0.25, 0.3) is 0 Å². The largest absolute Gasteiger partial charge is 0.482 e. The molecule has 0 saturated heterocycles. The molecule has 1 atom stereocenters. The van der Waals surface area contributed by atoms with E-state index in [1.54, 1.807) is 41.3 Å². The molecule has 9 heteroatoms. The van der Waals surface area contributed by atoms with Crippen molar-refractivity contribution < 1.29 is 24.2 Å². The lowest BCUT2D eigenvalue weighted by Crippen LogP contribution is -2.41. The Bertz CT molecular complexity index is 1230. The summed E-state index contributed by atoms with van der Waals surface area (Å²) in [6.07, 6.45) is 0.0747. The van der Waals surface area contributed by atoms with Crippen LogP contribution in [-0.2, 0) is 22.6 Å². The molecule has 1 amide bonds. The van der Waals surface area contributed by atoms with Crippen LogP contribution in [-0.4, -0.2) is 35.2 Å². The normalized spacial score (nSPS) is 14.9. The summed E-state index contributed by atoms with van der Waals surface area (Å²) in [5, 5.41) is 10.5. The first kappa shape index (κ1) is 24.2. The van der Waals surface area contributed by atoms with Crippen LogP contribution in [0.4, 0.5) is 4.79 Å². The second kappa shape index (κ2) is 10.6. The standard InChI is InChI=1S/C25H20Cl3NO5/c26-17-5-7-21(28)16(11-17)13-34-25(32)29-10-9-15-3-1-2-4-19(15)24(29)20-12-18(27)6-8-22(20)33-14-23(30)31/h1-8,11-12,24H,9-10,13-14H2,(H,30,31). The number of hydrogen-bond acceptors (Lipinski definition) is 4. The van der Waals surface area contributed by atoms with E-state index in [9.17, 15) is 9.59 Å². The van der Waals surface area contributed by atoms with E-state index in [0.29, 0.717) is 44.9 Å². The number of rotatable bonds is 6.